The Morgan fingerprint density at radius 3 is 2.93 bits per heavy atom. The predicted molar refractivity (Wildman–Crippen MR) is 105 cm³/mol. The number of aryl methyl sites for hydroxylation is 1. The summed E-state index contributed by atoms with van der Waals surface area (Å²) in [5.74, 6) is 1.74. The number of hydrogen-bond acceptors (Lipinski definition) is 4. The summed E-state index contributed by atoms with van der Waals surface area (Å²) in [4.78, 5) is 16.8. The maximum absolute atomic E-state index is 12.5. The van der Waals surface area contributed by atoms with Crippen LogP contribution in [0.1, 0.15) is 36.0 Å². The minimum Gasteiger partial charge on any atom is -0.439 e. The van der Waals surface area contributed by atoms with Gasteiger partial charge in [0.25, 0.3) is 0 Å². The first kappa shape index (κ1) is 18.0. The highest BCUT2D eigenvalue weighted by Gasteiger charge is 2.57. The summed E-state index contributed by atoms with van der Waals surface area (Å²) < 4.78 is 5.96. The summed E-state index contributed by atoms with van der Waals surface area (Å²) in [5.41, 5.74) is 3.56. The first-order valence-electron chi connectivity index (χ1n) is 9.75. The molecule has 4 rings (SSSR count). The van der Waals surface area contributed by atoms with Crippen LogP contribution in [-0.2, 0) is 11.3 Å². The van der Waals surface area contributed by atoms with Gasteiger partial charge in [0.05, 0.1) is 0 Å². The van der Waals surface area contributed by atoms with E-state index in [1.54, 1.807) is 6.20 Å². The molecule has 5 heteroatoms. The fourth-order valence-electron chi connectivity index (χ4n) is 4.07. The first-order valence-corrected chi connectivity index (χ1v) is 9.75. The molecule has 2 heterocycles. The molecule has 1 atom stereocenters. The second-order valence-electron chi connectivity index (χ2n) is 7.89. The zero-order chi connectivity index (χ0) is 18.9. The van der Waals surface area contributed by atoms with Gasteiger partial charge in [0.15, 0.2) is 0 Å². The number of hydrogen-bond donors (Lipinski definition) is 2. The van der Waals surface area contributed by atoms with E-state index in [4.69, 9.17) is 4.74 Å². The van der Waals surface area contributed by atoms with Crippen molar-refractivity contribution < 1.29 is 9.53 Å². The van der Waals surface area contributed by atoms with E-state index in [0.717, 1.165) is 49.2 Å². The van der Waals surface area contributed by atoms with Crippen LogP contribution in [0.2, 0.25) is 0 Å². The van der Waals surface area contributed by atoms with Crippen molar-refractivity contribution in [1.29, 1.82) is 0 Å². The van der Waals surface area contributed by atoms with Crippen LogP contribution in [0.3, 0.4) is 0 Å². The number of pyridine rings is 1. The maximum atomic E-state index is 12.5. The standard InChI is InChI=1S/C22H27N3O2/c1-15-4-3-5-19(16(15)2)27-20-12-17(6-9-24-20)14-25-21(26)18-13-22(18)7-10-23-11-8-22/h3-6,9,12,18,23H,7-8,10-11,13-14H2,1-2H3,(H,25,26). The molecule has 5 nitrogen and oxygen atoms in total. The van der Waals surface area contributed by atoms with Gasteiger partial charge in [0.2, 0.25) is 11.8 Å². The van der Waals surface area contributed by atoms with Gasteiger partial charge in [0.1, 0.15) is 5.75 Å². The molecule has 1 saturated heterocycles. The van der Waals surface area contributed by atoms with Crippen molar-refractivity contribution in [3.05, 3.63) is 53.2 Å². The molecule has 1 aromatic heterocycles. The van der Waals surface area contributed by atoms with Crippen molar-refractivity contribution in [3.8, 4) is 11.6 Å². The lowest BCUT2D eigenvalue weighted by Gasteiger charge is -2.23. The lowest BCUT2D eigenvalue weighted by atomic mass is 9.92. The van der Waals surface area contributed by atoms with Crippen molar-refractivity contribution in [2.45, 2.75) is 39.7 Å². The van der Waals surface area contributed by atoms with Crippen molar-refractivity contribution in [2.24, 2.45) is 11.3 Å². The second-order valence-corrected chi connectivity index (χ2v) is 7.89. The van der Waals surface area contributed by atoms with E-state index in [1.165, 1.54) is 5.56 Å². The van der Waals surface area contributed by atoms with Gasteiger partial charge in [-0.25, -0.2) is 4.98 Å². The Balaban J connectivity index is 1.36. The molecule has 1 aromatic carbocycles. The van der Waals surface area contributed by atoms with Crippen LogP contribution >= 0.6 is 0 Å². The first-order chi connectivity index (χ1) is 13.1. The number of nitrogens with one attached hydrogen (secondary N) is 2. The molecule has 2 fully saturated rings. The Kier molecular flexibility index (Phi) is 4.87. The summed E-state index contributed by atoms with van der Waals surface area (Å²) >= 11 is 0. The van der Waals surface area contributed by atoms with Crippen LogP contribution in [0, 0.1) is 25.2 Å². The van der Waals surface area contributed by atoms with Crippen molar-refractivity contribution >= 4 is 5.91 Å². The Morgan fingerprint density at radius 2 is 2.11 bits per heavy atom. The van der Waals surface area contributed by atoms with Gasteiger partial charge >= 0.3 is 0 Å². The van der Waals surface area contributed by atoms with Crippen molar-refractivity contribution in [3.63, 3.8) is 0 Å². The van der Waals surface area contributed by atoms with Gasteiger partial charge in [-0.05, 0) is 80.4 Å². The Morgan fingerprint density at radius 1 is 1.30 bits per heavy atom. The molecule has 2 N–H and O–H groups in total. The summed E-state index contributed by atoms with van der Waals surface area (Å²) in [6.45, 7) is 6.69. The van der Waals surface area contributed by atoms with Crippen LogP contribution in [0.4, 0.5) is 0 Å². The number of carbonyl (C=O) groups is 1. The molecule has 0 radical (unpaired) electrons. The molecule has 2 aromatic rings. The number of rotatable bonds is 5. The third kappa shape index (κ3) is 3.83. The van der Waals surface area contributed by atoms with E-state index in [1.807, 2.05) is 31.2 Å². The van der Waals surface area contributed by atoms with Crippen molar-refractivity contribution in [2.75, 3.05) is 13.1 Å². The SMILES string of the molecule is Cc1cccc(Oc2cc(CNC(=O)C3CC34CCNCC4)ccn2)c1C. The molecular formula is C22H27N3O2. The Hall–Kier alpha value is -2.40. The molecule has 1 saturated carbocycles. The fourth-order valence-corrected chi connectivity index (χ4v) is 4.07. The number of carbonyl (C=O) groups excluding carboxylic acids is 1. The number of ether oxygens (including phenoxy) is 1. The number of benzene rings is 1. The van der Waals surface area contributed by atoms with E-state index in [2.05, 4.69) is 28.6 Å². The van der Waals surface area contributed by atoms with Crippen LogP contribution in [0.5, 0.6) is 11.6 Å². The molecule has 1 spiro atoms. The third-order valence-electron chi connectivity index (χ3n) is 6.14. The lowest BCUT2D eigenvalue weighted by molar-refractivity contribution is -0.123. The smallest absolute Gasteiger partial charge is 0.223 e. The normalized spacial score (nSPS) is 20.3. The lowest BCUT2D eigenvalue weighted by Crippen LogP contribution is -2.33. The van der Waals surface area contributed by atoms with Gasteiger partial charge in [-0.3, -0.25) is 4.79 Å². The summed E-state index contributed by atoms with van der Waals surface area (Å²) in [6, 6.07) is 9.81. The quantitative estimate of drug-likeness (QED) is 0.851. The van der Waals surface area contributed by atoms with Gasteiger partial charge in [-0.2, -0.15) is 0 Å². The van der Waals surface area contributed by atoms with Crippen LogP contribution < -0.4 is 15.4 Å². The Labute approximate surface area is 160 Å². The minimum absolute atomic E-state index is 0.186. The van der Waals surface area contributed by atoms with E-state index in [0.29, 0.717) is 12.4 Å². The molecule has 1 aliphatic carbocycles. The molecule has 2 aliphatic rings. The van der Waals surface area contributed by atoms with Gasteiger partial charge in [0, 0.05) is 24.7 Å². The predicted octanol–water partition coefficient (Wildman–Crippen LogP) is 3.50. The third-order valence-corrected chi connectivity index (χ3v) is 6.14. The summed E-state index contributed by atoms with van der Waals surface area (Å²) in [6.07, 6.45) is 5.01. The summed E-state index contributed by atoms with van der Waals surface area (Å²) in [5, 5.41) is 6.48. The van der Waals surface area contributed by atoms with Gasteiger partial charge in [-0.15, -0.1) is 0 Å². The molecular weight excluding hydrogens is 338 g/mol. The highest BCUT2D eigenvalue weighted by Crippen LogP contribution is 2.58. The topological polar surface area (TPSA) is 63.2 Å². The number of aromatic nitrogens is 1. The highest BCUT2D eigenvalue weighted by atomic mass is 16.5. The Bertz CT molecular complexity index is 843. The van der Waals surface area contributed by atoms with Crippen LogP contribution in [0.25, 0.3) is 0 Å². The van der Waals surface area contributed by atoms with Crippen molar-refractivity contribution in [1.82, 2.24) is 15.6 Å². The molecule has 1 unspecified atom stereocenters. The largest absolute Gasteiger partial charge is 0.439 e. The minimum atomic E-state index is 0.186. The number of nitrogens with zero attached hydrogens (tertiary/aromatic N) is 1. The molecule has 1 aliphatic heterocycles. The summed E-state index contributed by atoms with van der Waals surface area (Å²) in [7, 11) is 0. The molecule has 0 bridgehead atoms. The van der Waals surface area contributed by atoms with Crippen LogP contribution in [0.15, 0.2) is 36.5 Å². The van der Waals surface area contributed by atoms with E-state index >= 15 is 0 Å². The average molecular weight is 365 g/mol. The maximum Gasteiger partial charge on any atom is 0.223 e. The zero-order valence-corrected chi connectivity index (χ0v) is 16.0. The van der Waals surface area contributed by atoms with E-state index in [-0.39, 0.29) is 17.2 Å². The molecule has 27 heavy (non-hydrogen) atoms. The molecule has 1 amide bonds. The second kappa shape index (κ2) is 7.31. The monoisotopic (exact) mass is 365 g/mol. The fraction of sp³-hybridized carbons (Fsp3) is 0.455. The molecule has 142 valence electrons. The average Bonchev–Trinajstić information content (AvgIpc) is 3.37. The van der Waals surface area contributed by atoms with Gasteiger partial charge in [-0.1, -0.05) is 12.1 Å². The number of piperidine rings is 1. The number of amides is 1. The van der Waals surface area contributed by atoms with E-state index < -0.39 is 0 Å². The van der Waals surface area contributed by atoms with Crippen LogP contribution in [-0.4, -0.2) is 24.0 Å². The highest BCUT2D eigenvalue weighted by molar-refractivity contribution is 5.82. The van der Waals surface area contributed by atoms with Gasteiger partial charge < -0.3 is 15.4 Å². The zero-order valence-electron chi connectivity index (χ0n) is 16.0. The van der Waals surface area contributed by atoms with E-state index in [9.17, 15) is 4.79 Å².